The first-order chi connectivity index (χ1) is 14.6. The highest BCUT2D eigenvalue weighted by atomic mass is 35.5. The van der Waals surface area contributed by atoms with Gasteiger partial charge in [-0.2, -0.15) is 0 Å². The van der Waals surface area contributed by atoms with Gasteiger partial charge < -0.3 is 10.1 Å². The SMILES string of the molecule is CCc1ccc(-c2cc(C(=O)NCCN3CCOCC3)c3cc(Cl)ccc3n2)cc1. The Kier molecular flexibility index (Phi) is 6.62. The number of ether oxygens (including phenoxy) is 1. The molecule has 0 atom stereocenters. The van der Waals surface area contributed by atoms with E-state index in [9.17, 15) is 4.79 Å². The van der Waals surface area contributed by atoms with Crippen LogP contribution < -0.4 is 5.32 Å². The summed E-state index contributed by atoms with van der Waals surface area (Å²) in [4.78, 5) is 20.1. The van der Waals surface area contributed by atoms with Crippen molar-refractivity contribution in [2.75, 3.05) is 39.4 Å². The van der Waals surface area contributed by atoms with Gasteiger partial charge in [0.1, 0.15) is 0 Å². The Bertz CT molecular complexity index is 1030. The summed E-state index contributed by atoms with van der Waals surface area (Å²) in [5.41, 5.74) is 4.40. The van der Waals surface area contributed by atoms with Gasteiger partial charge >= 0.3 is 0 Å². The highest BCUT2D eigenvalue weighted by Gasteiger charge is 2.16. The van der Waals surface area contributed by atoms with Crippen molar-refractivity contribution < 1.29 is 9.53 Å². The third-order valence-corrected chi connectivity index (χ3v) is 5.73. The quantitative estimate of drug-likeness (QED) is 0.646. The van der Waals surface area contributed by atoms with Gasteiger partial charge in [-0.3, -0.25) is 9.69 Å². The Labute approximate surface area is 182 Å². The molecular formula is C24H26ClN3O2. The number of carbonyl (C=O) groups is 1. The number of hydrogen-bond donors (Lipinski definition) is 1. The van der Waals surface area contributed by atoms with Crippen LogP contribution in [0.15, 0.2) is 48.5 Å². The molecule has 4 rings (SSSR count). The van der Waals surface area contributed by atoms with E-state index in [1.807, 2.05) is 18.2 Å². The Balaban J connectivity index is 1.60. The van der Waals surface area contributed by atoms with Gasteiger partial charge in [-0.25, -0.2) is 4.98 Å². The van der Waals surface area contributed by atoms with E-state index in [0.717, 1.165) is 61.4 Å². The van der Waals surface area contributed by atoms with Gasteiger partial charge in [-0.15, -0.1) is 0 Å². The maximum atomic E-state index is 13.1. The van der Waals surface area contributed by atoms with Gasteiger partial charge in [-0.05, 0) is 36.2 Å². The zero-order chi connectivity index (χ0) is 20.9. The molecule has 0 saturated carbocycles. The summed E-state index contributed by atoms with van der Waals surface area (Å²) in [5, 5.41) is 4.42. The third-order valence-electron chi connectivity index (χ3n) is 5.49. The summed E-state index contributed by atoms with van der Waals surface area (Å²) in [6.07, 6.45) is 0.987. The number of fused-ring (bicyclic) bond motifs is 1. The summed E-state index contributed by atoms with van der Waals surface area (Å²) in [5.74, 6) is -0.107. The molecule has 156 valence electrons. The minimum absolute atomic E-state index is 0.107. The second-order valence-electron chi connectivity index (χ2n) is 7.48. The molecule has 1 aromatic heterocycles. The highest BCUT2D eigenvalue weighted by molar-refractivity contribution is 6.31. The predicted octanol–water partition coefficient (Wildman–Crippen LogP) is 4.18. The van der Waals surface area contributed by atoms with Crippen molar-refractivity contribution in [3.05, 3.63) is 64.7 Å². The average molecular weight is 424 g/mol. The Morgan fingerprint density at radius 2 is 1.90 bits per heavy atom. The molecule has 30 heavy (non-hydrogen) atoms. The predicted molar refractivity (Wildman–Crippen MR) is 121 cm³/mol. The molecule has 1 fully saturated rings. The molecule has 0 unspecified atom stereocenters. The van der Waals surface area contributed by atoms with Crippen molar-refractivity contribution in [1.82, 2.24) is 15.2 Å². The fourth-order valence-corrected chi connectivity index (χ4v) is 3.86. The summed E-state index contributed by atoms with van der Waals surface area (Å²) in [7, 11) is 0. The summed E-state index contributed by atoms with van der Waals surface area (Å²) in [6.45, 7) is 6.84. The van der Waals surface area contributed by atoms with Crippen LogP contribution in [-0.4, -0.2) is 55.2 Å². The van der Waals surface area contributed by atoms with Crippen LogP contribution in [0.5, 0.6) is 0 Å². The van der Waals surface area contributed by atoms with Crippen LogP contribution in [-0.2, 0) is 11.2 Å². The van der Waals surface area contributed by atoms with Crippen LogP contribution >= 0.6 is 11.6 Å². The molecular weight excluding hydrogens is 398 g/mol. The number of aryl methyl sites for hydroxylation is 1. The number of hydrogen-bond acceptors (Lipinski definition) is 4. The van der Waals surface area contributed by atoms with Crippen molar-refractivity contribution in [2.45, 2.75) is 13.3 Å². The molecule has 0 aliphatic carbocycles. The molecule has 6 heteroatoms. The lowest BCUT2D eigenvalue weighted by molar-refractivity contribution is 0.0383. The maximum Gasteiger partial charge on any atom is 0.252 e. The van der Waals surface area contributed by atoms with Crippen molar-refractivity contribution in [1.29, 1.82) is 0 Å². The number of halogens is 1. The topological polar surface area (TPSA) is 54.5 Å². The van der Waals surface area contributed by atoms with Crippen LogP contribution in [0.1, 0.15) is 22.8 Å². The molecule has 5 nitrogen and oxygen atoms in total. The van der Waals surface area contributed by atoms with Crippen LogP contribution in [0.3, 0.4) is 0 Å². The molecule has 1 aliphatic rings. The summed E-state index contributed by atoms with van der Waals surface area (Å²) >= 11 is 6.21. The number of pyridine rings is 1. The average Bonchev–Trinajstić information content (AvgIpc) is 2.79. The third kappa shape index (κ3) is 4.81. The fourth-order valence-electron chi connectivity index (χ4n) is 3.69. The van der Waals surface area contributed by atoms with Crippen molar-refractivity contribution >= 4 is 28.4 Å². The molecule has 0 spiro atoms. The van der Waals surface area contributed by atoms with E-state index >= 15 is 0 Å². The van der Waals surface area contributed by atoms with Crippen LogP contribution in [0.25, 0.3) is 22.2 Å². The number of rotatable bonds is 6. The van der Waals surface area contributed by atoms with Gasteiger partial charge in [0.2, 0.25) is 0 Å². The molecule has 0 radical (unpaired) electrons. The molecule has 1 N–H and O–H groups in total. The minimum Gasteiger partial charge on any atom is -0.379 e. The van der Waals surface area contributed by atoms with E-state index in [2.05, 4.69) is 41.4 Å². The van der Waals surface area contributed by atoms with Crippen molar-refractivity contribution in [3.8, 4) is 11.3 Å². The van der Waals surface area contributed by atoms with Gasteiger partial charge in [0, 0.05) is 42.2 Å². The standard InChI is InChI=1S/C24H26ClN3O2/c1-2-17-3-5-18(6-4-17)23-16-21(20-15-19(25)7-8-22(20)27-23)24(29)26-9-10-28-11-13-30-14-12-28/h3-8,15-16H,2,9-14H2,1H3,(H,26,29). The summed E-state index contributed by atoms with van der Waals surface area (Å²) in [6, 6.07) is 15.7. The van der Waals surface area contributed by atoms with E-state index < -0.39 is 0 Å². The van der Waals surface area contributed by atoms with Crippen molar-refractivity contribution in [2.24, 2.45) is 0 Å². The highest BCUT2D eigenvalue weighted by Crippen LogP contribution is 2.27. The maximum absolute atomic E-state index is 13.1. The number of aromatic nitrogens is 1. The minimum atomic E-state index is -0.107. The lowest BCUT2D eigenvalue weighted by atomic mass is 10.0. The zero-order valence-corrected chi connectivity index (χ0v) is 17.9. The van der Waals surface area contributed by atoms with Crippen LogP contribution in [0, 0.1) is 0 Å². The van der Waals surface area contributed by atoms with Crippen molar-refractivity contribution in [3.63, 3.8) is 0 Å². The number of carbonyl (C=O) groups excluding carboxylic acids is 1. The van der Waals surface area contributed by atoms with E-state index in [1.165, 1.54) is 5.56 Å². The smallest absolute Gasteiger partial charge is 0.252 e. The number of nitrogens with one attached hydrogen (secondary N) is 1. The normalized spacial score (nSPS) is 14.7. The number of amides is 1. The van der Waals surface area contributed by atoms with Gasteiger partial charge in [-0.1, -0.05) is 42.8 Å². The largest absolute Gasteiger partial charge is 0.379 e. The number of nitrogens with zero attached hydrogens (tertiary/aromatic N) is 2. The van der Waals surface area contributed by atoms with Crippen LogP contribution in [0.4, 0.5) is 0 Å². The molecule has 1 aliphatic heterocycles. The molecule has 0 bridgehead atoms. The Morgan fingerprint density at radius 1 is 1.13 bits per heavy atom. The fraction of sp³-hybridized carbons (Fsp3) is 0.333. The Morgan fingerprint density at radius 3 is 2.63 bits per heavy atom. The van der Waals surface area contributed by atoms with E-state index in [1.54, 1.807) is 6.07 Å². The second kappa shape index (κ2) is 9.56. The van der Waals surface area contributed by atoms with E-state index in [4.69, 9.17) is 21.3 Å². The van der Waals surface area contributed by atoms with Crippen LogP contribution in [0.2, 0.25) is 5.02 Å². The molecule has 1 amide bonds. The molecule has 2 aromatic carbocycles. The monoisotopic (exact) mass is 423 g/mol. The van der Waals surface area contributed by atoms with E-state index in [-0.39, 0.29) is 5.91 Å². The number of morpholine rings is 1. The second-order valence-corrected chi connectivity index (χ2v) is 7.91. The number of benzene rings is 2. The van der Waals surface area contributed by atoms with Gasteiger partial charge in [0.25, 0.3) is 5.91 Å². The molecule has 1 saturated heterocycles. The van der Waals surface area contributed by atoms with E-state index in [0.29, 0.717) is 17.1 Å². The lowest BCUT2D eigenvalue weighted by Crippen LogP contribution is -2.41. The molecule has 3 aromatic rings. The summed E-state index contributed by atoms with van der Waals surface area (Å²) < 4.78 is 5.38. The first-order valence-corrected chi connectivity index (χ1v) is 10.8. The zero-order valence-electron chi connectivity index (χ0n) is 17.2. The van der Waals surface area contributed by atoms with Gasteiger partial charge in [0.15, 0.2) is 0 Å². The first-order valence-electron chi connectivity index (χ1n) is 10.4. The lowest BCUT2D eigenvalue weighted by Gasteiger charge is -2.26. The Hall–Kier alpha value is -2.47. The molecule has 2 heterocycles. The first kappa shape index (κ1) is 20.8. The van der Waals surface area contributed by atoms with Gasteiger partial charge in [0.05, 0.1) is 30.0 Å².